The third kappa shape index (κ3) is 4.08. The highest BCUT2D eigenvalue weighted by molar-refractivity contribution is 5.95. The monoisotopic (exact) mass is 366 g/mol. The van der Waals surface area contributed by atoms with Gasteiger partial charge in [0.1, 0.15) is 17.2 Å². The SMILES string of the molecule is CCOc1ccc(Oc2ccc(NC(=O)C3CC34CCNCC4)cc2)cc1. The summed E-state index contributed by atoms with van der Waals surface area (Å²) in [7, 11) is 0. The number of nitrogens with one attached hydrogen (secondary N) is 2. The minimum Gasteiger partial charge on any atom is -0.494 e. The normalized spacial score (nSPS) is 20.1. The van der Waals surface area contributed by atoms with E-state index < -0.39 is 0 Å². The average molecular weight is 366 g/mol. The van der Waals surface area contributed by atoms with Gasteiger partial charge in [0.05, 0.1) is 6.61 Å². The van der Waals surface area contributed by atoms with Gasteiger partial charge in [0, 0.05) is 11.6 Å². The Bertz CT molecular complexity index is 780. The van der Waals surface area contributed by atoms with Gasteiger partial charge >= 0.3 is 0 Å². The van der Waals surface area contributed by atoms with Gasteiger partial charge in [-0.05, 0) is 93.2 Å². The summed E-state index contributed by atoms with van der Waals surface area (Å²) < 4.78 is 11.3. The van der Waals surface area contributed by atoms with Crippen molar-refractivity contribution in [3.63, 3.8) is 0 Å². The zero-order chi connectivity index (χ0) is 18.7. The van der Waals surface area contributed by atoms with E-state index in [4.69, 9.17) is 9.47 Å². The zero-order valence-electron chi connectivity index (χ0n) is 15.7. The summed E-state index contributed by atoms with van der Waals surface area (Å²) in [6, 6.07) is 15.1. The molecule has 27 heavy (non-hydrogen) atoms. The number of anilines is 1. The molecule has 2 N–H and O–H groups in total. The first-order chi connectivity index (χ1) is 13.2. The minimum atomic E-state index is 0.150. The molecule has 0 radical (unpaired) electrons. The molecule has 1 aliphatic heterocycles. The predicted molar refractivity (Wildman–Crippen MR) is 105 cm³/mol. The summed E-state index contributed by atoms with van der Waals surface area (Å²) in [4.78, 5) is 12.5. The molecule has 1 atom stereocenters. The van der Waals surface area contributed by atoms with E-state index in [0.717, 1.165) is 55.3 Å². The van der Waals surface area contributed by atoms with E-state index in [1.165, 1.54) is 0 Å². The van der Waals surface area contributed by atoms with Crippen LogP contribution in [0.3, 0.4) is 0 Å². The van der Waals surface area contributed by atoms with Crippen LogP contribution in [0, 0.1) is 11.3 Å². The van der Waals surface area contributed by atoms with Crippen LogP contribution in [-0.4, -0.2) is 25.6 Å². The standard InChI is InChI=1S/C22H26N2O3/c1-2-26-17-7-9-19(10-8-17)27-18-5-3-16(4-6-18)24-21(25)20-15-22(20)11-13-23-14-12-22/h3-10,20,23H,2,11-15H2,1H3,(H,24,25). The highest BCUT2D eigenvalue weighted by Crippen LogP contribution is 2.58. The van der Waals surface area contributed by atoms with Gasteiger partial charge in [-0.3, -0.25) is 4.79 Å². The molecule has 1 spiro atoms. The number of piperidine rings is 1. The Kier molecular flexibility index (Phi) is 5.03. The Morgan fingerprint density at radius 2 is 1.63 bits per heavy atom. The number of carbonyl (C=O) groups excluding carboxylic acids is 1. The number of ether oxygens (including phenoxy) is 2. The van der Waals surface area contributed by atoms with E-state index >= 15 is 0 Å². The smallest absolute Gasteiger partial charge is 0.228 e. The summed E-state index contributed by atoms with van der Waals surface area (Å²) in [6.45, 7) is 4.66. The van der Waals surface area contributed by atoms with Gasteiger partial charge in [-0.2, -0.15) is 0 Å². The fourth-order valence-electron chi connectivity index (χ4n) is 3.94. The second-order valence-corrected chi connectivity index (χ2v) is 7.39. The lowest BCUT2D eigenvalue weighted by Crippen LogP contribution is -2.31. The fraction of sp³-hybridized carbons (Fsp3) is 0.409. The van der Waals surface area contributed by atoms with Crippen molar-refractivity contribution < 1.29 is 14.3 Å². The third-order valence-electron chi connectivity index (χ3n) is 5.60. The van der Waals surface area contributed by atoms with Crippen molar-refractivity contribution in [3.8, 4) is 17.2 Å². The molecule has 0 bridgehead atoms. The first kappa shape index (κ1) is 17.9. The van der Waals surface area contributed by atoms with Crippen molar-refractivity contribution in [2.45, 2.75) is 26.2 Å². The Morgan fingerprint density at radius 3 is 2.26 bits per heavy atom. The number of amides is 1. The van der Waals surface area contributed by atoms with E-state index in [1.807, 2.05) is 55.5 Å². The number of hydrogen-bond acceptors (Lipinski definition) is 4. The van der Waals surface area contributed by atoms with Gasteiger partial charge < -0.3 is 20.1 Å². The lowest BCUT2D eigenvalue weighted by Gasteiger charge is -2.23. The van der Waals surface area contributed by atoms with Crippen molar-refractivity contribution in [2.24, 2.45) is 11.3 Å². The first-order valence-corrected chi connectivity index (χ1v) is 9.71. The summed E-state index contributed by atoms with van der Waals surface area (Å²) in [5.74, 6) is 2.63. The summed E-state index contributed by atoms with van der Waals surface area (Å²) in [5, 5.41) is 6.43. The third-order valence-corrected chi connectivity index (χ3v) is 5.60. The average Bonchev–Trinajstić information content (AvgIpc) is 3.39. The van der Waals surface area contributed by atoms with Crippen molar-refractivity contribution in [1.82, 2.24) is 5.32 Å². The van der Waals surface area contributed by atoms with Crippen LogP contribution in [-0.2, 0) is 4.79 Å². The van der Waals surface area contributed by atoms with Crippen LogP contribution >= 0.6 is 0 Å². The van der Waals surface area contributed by atoms with E-state index in [0.29, 0.717) is 6.61 Å². The lowest BCUT2D eigenvalue weighted by molar-refractivity contribution is -0.118. The topological polar surface area (TPSA) is 59.6 Å². The first-order valence-electron chi connectivity index (χ1n) is 9.71. The molecule has 2 aliphatic rings. The van der Waals surface area contributed by atoms with Gasteiger partial charge in [-0.1, -0.05) is 0 Å². The molecule has 1 amide bonds. The molecule has 5 heteroatoms. The summed E-state index contributed by atoms with van der Waals surface area (Å²) in [5.41, 5.74) is 1.07. The largest absolute Gasteiger partial charge is 0.494 e. The molecule has 4 rings (SSSR count). The maximum Gasteiger partial charge on any atom is 0.228 e. The molecule has 5 nitrogen and oxygen atoms in total. The Hall–Kier alpha value is -2.53. The molecule has 1 unspecified atom stereocenters. The van der Waals surface area contributed by atoms with Crippen molar-refractivity contribution in [2.75, 3.05) is 25.0 Å². The van der Waals surface area contributed by atoms with Gasteiger partial charge in [-0.25, -0.2) is 0 Å². The van der Waals surface area contributed by atoms with E-state index in [2.05, 4.69) is 10.6 Å². The molecular weight excluding hydrogens is 340 g/mol. The van der Waals surface area contributed by atoms with Crippen molar-refractivity contribution in [3.05, 3.63) is 48.5 Å². The maximum atomic E-state index is 12.5. The quantitative estimate of drug-likeness (QED) is 0.804. The molecule has 2 aromatic rings. The van der Waals surface area contributed by atoms with Crippen LogP contribution in [0.4, 0.5) is 5.69 Å². The molecule has 0 aromatic heterocycles. The fourth-order valence-corrected chi connectivity index (χ4v) is 3.94. The van der Waals surface area contributed by atoms with Crippen LogP contribution in [0.15, 0.2) is 48.5 Å². The Balaban J connectivity index is 1.31. The van der Waals surface area contributed by atoms with Crippen LogP contribution in [0.25, 0.3) is 0 Å². The number of rotatable bonds is 6. The zero-order valence-corrected chi connectivity index (χ0v) is 15.7. The Morgan fingerprint density at radius 1 is 1.04 bits per heavy atom. The summed E-state index contributed by atoms with van der Waals surface area (Å²) >= 11 is 0. The number of benzene rings is 2. The molecule has 1 aliphatic carbocycles. The van der Waals surface area contributed by atoms with Gasteiger partial charge in [-0.15, -0.1) is 0 Å². The van der Waals surface area contributed by atoms with Gasteiger partial charge in [0.25, 0.3) is 0 Å². The van der Waals surface area contributed by atoms with Crippen LogP contribution in [0.1, 0.15) is 26.2 Å². The number of hydrogen-bond donors (Lipinski definition) is 2. The van der Waals surface area contributed by atoms with E-state index in [9.17, 15) is 4.79 Å². The molecule has 142 valence electrons. The van der Waals surface area contributed by atoms with Gasteiger partial charge in [0.2, 0.25) is 5.91 Å². The van der Waals surface area contributed by atoms with Crippen LogP contribution in [0.2, 0.25) is 0 Å². The molecule has 2 aromatic carbocycles. The van der Waals surface area contributed by atoms with Crippen LogP contribution in [0.5, 0.6) is 17.2 Å². The Labute approximate surface area is 160 Å². The van der Waals surface area contributed by atoms with Gasteiger partial charge in [0.15, 0.2) is 0 Å². The number of carbonyl (C=O) groups is 1. The molecule has 1 heterocycles. The highest BCUT2D eigenvalue weighted by Gasteiger charge is 2.57. The second kappa shape index (κ2) is 7.61. The molecule has 2 fully saturated rings. The lowest BCUT2D eigenvalue weighted by atomic mass is 9.92. The van der Waals surface area contributed by atoms with Crippen molar-refractivity contribution in [1.29, 1.82) is 0 Å². The summed E-state index contributed by atoms with van der Waals surface area (Å²) in [6.07, 6.45) is 3.25. The molecule has 1 saturated heterocycles. The molecular formula is C22H26N2O3. The van der Waals surface area contributed by atoms with Crippen molar-refractivity contribution >= 4 is 11.6 Å². The van der Waals surface area contributed by atoms with Crippen LogP contribution < -0.4 is 20.1 Å². The van der Waals surface area contributed by atoms with E-state index in [1.54, 1.807) is 0 Å². The highest BCUT2D eigenvalue weighted by atomic mass is 16.5. The van der Waals surface area contributed by atoms with E-state index in [-0.39, 0.29) is 17.2 Å². The predicted octanol–water partition coefficient (Wildman–Crippen LogP) is 4.21. The molecule has 1 saturated carbocycles. The second-order valence-electron chi connectivity index (χ2n) is 7.39. The maximum absolute atomic E-state index is 12.5. The minimum absolute atomic E-state index is 0.150.